The van der Waals surface area contributed by atoms with Gasteiger partial charge in [0.25, 0.3) is 0 Å². The second-order valence-electron chi connectivity index (χ2n) is 8.14. The van der Waals surface area contributed by atoms with Gasteiger partial charge >= 0.3 is 12.0 Å². The molecule has 0 saturated heterocycles. The van der Waals surface area contributed by atoms with Crippen molar-refractivity contribution in [2.75, 3.05) is 20.3 Å². The first kappa shape index (κ1) is 25.6. The van der Waals surface area contributed by atoms with Crippen LogP contribution >= 0.6 is 0 Å². The Kier molecular flexibility index (Phi) is 9.06. The smallest absolute Gasteiger partial charge is 0.325 e. The lowest BCUT2D eigenvalue weighted by Gasteiger charge is -2.11. The zero-order valence-corrected chi connectivity index (χ0v) is 20.3. The van der Waals surface area contributed by atoms with Crippen LogP contribution in [0.15, 0.2) is 60.7 Å². The molecule has 8 nitrogen and oxygen atoms in total. The second kappa shape index (κ2) is 12.4. The lowest BCUT2D eigenvalue weighted by Crippen LogP contribution is -2.38. The van der Waals surface area contributed by atoms with Crippen molar-refractivity contribution in [2.24, 2.45) is 0 Å². The summed E-state index contributed by atoms with van der Waals surface area (Å²) >= 11 is 0. The first-order valence-corrected chi connectivity index (χ1v) is 11.4. The van der Waals surface area contributed by atoms with Gasteiger partial charge in [-0.2, -0.15) is 0 Å². The van der Waals surface area contributed by atoms with Crippen LogP contribution in [0.4, 0.5) is 4.79 Å². The largest absolute Gasteiger partial charge is 0.497 e. The number of rotatable bonds is 11. The van der Waals surface area contributed by atoms with Crippen molar-refractivity contribution < 1.29 is 23.9 Å². The first-order valence-electron chi connectivity index (χ1n) is 11.4. The number of urea groups is 1. The molecule has 0 saturated carbocycles. The lowest BCUT2D eigenvalue weighted by molar-refractivity contribution is -0.141. The maximum atomic E-state index is 12.7. The highest BCUT2D eigenvalue weighted by atomic mass is 16.5. The number of hydrogen-bond acceptors (Lipinski definition) is 5. The maximum Gasteiger partial charge on any atom is 0.325 e. The predicted octanol–water partition coefficient (Wildman–Crippen LogP) is 3.58. The quantitative estimate of drug-likeness (QED) is 0.325. The molecular weight excluding hydrogens is 446 g/mol. The van der Waals surface area contributed by atoms with Gasteiger partial charge in [-0.15, -0.1) is 0 Å². The summed E-state index contributed by atoms with van der Waals surface area (Å²) < 4.78 is 12.3. The molecule has 0 spiro atoms. The molecule has 0 aliphatic rings. The second-order valence-corrected chi connectivity index (χ2v) is 8.14. The van der Waals surface area contributed by atoms with E-state index in [4.69, 9.17) is 9.47 Å². The maximum absolute atomic E-state index is 12.7. The number of carbonyl (C=O) groups is 3. The van der Waals surface area contributed by atoms with Gasteiger partial charge in [-0.05, 0) is 49.6 Å². The highest BCUT2D eigenvalue weighted by Gasteiger charge is 2.17. The van der Waals surface area contributed by atoms with Gasteiger partial charge in [-0.1, -0.05) is 42.5 Å². The summed E-state index contributed by atoms with van der Waals surface area (Å²) in [7, 11) is 1.64. The highest BCUT2D eigenvalue weighted by Crippen LogP contribution is 2.18. The van der Waals surface area contributed by atoms with Crippen LogP contribution in [0.1, 0.15) is 32.9 Å². The molecule has 1 aromatic heterocycles. The molecule has 8 heteroatoms. The number of hydrogen-bond donors (Lipinski definition) is 2. The zero-order chi connectivity index (χ0) is 25.2. The van der Waals surface area contributed by atoms with Crippen LogP contribution in [-0.4, -0.2) is 42.6 Å². The van der Waals surface area contributed by atoms with Crippen LogP contribution in [0.3, 0.4) is 0 Å². The first-order chi connectivity index (χ1) is 16.9. The van der Waals surface area contributed by atoms with E-state index in [1.807, 2.05) is 74.5 Å². The molecule has 0 atom stereocenters. The van der Waals surface area contributed by atoms with Crippen molar-refractivity contribution in [1.82, 2.24) is 15.2 Å². The van der Waals surface area contributed by atoms with Crippen LogP contribution < -0.4 is 15.4 Å². The van der Waals surface area contributed by atoms with Gasteiger partial charge in [0.05, 0.1) is 7.11 Å². The van der Waals surface area contributed by atoms with Crippen LogP contribution in [0, 0.1) is 13.8 Å². The number of amides is 2. The lowest BCUT2D eigenvalue weighted by atomic mass is 10.1. The molecule has 0 radical (unpaired) electrons. The third kappa shape index (κ3) is 7.46. The number of methoxy groups -OCH3 is 1. The standard InChI is InChI=1S/C27H31N3O5/c1-19-15-24(20(2)30(19)14-13-21-9-11-23(34-3)12-10-21)25(31)18-35-26(32)17-29-27(33)28-16-22-7-5-4-6-8-22/h4-12,15H,13-14,16-18H2,1-3H3,(H2,28,29,33). The van der Waals surface area contributed by atoms with Crippen molar-refractivity contribution in [1.29, 1.82) is 0 Å². The van der Waals surface area contributed by atoms with E-state index in [-0.39, 0.29) is 18.9 Å². The van der Waals surface area contributed by atoms with Gasteiger partial charge in [0.2, 0.25) is 5.78 Å². The summed E-state index contributed by atoms with van der Waals surface area (Å²) in [5.74, 6) is -0.148. The Labute approximate surface area is 205 Å². The number of benzene rings is 2. The summed E-state index contributed by atoms with van der Waals surface area (Å²) in [5, 5.41) is 5.09. The Morgan fingerprint density at radius 1 is 0.914 bits per heavy atom. The molecule has 0 bridgehead atoms. The predicted molar refractivity (Wildman–Crippen MR) is 133 cm³/mol. The fourth-order valence-electron chi connectivity index (χ4n) is 3.73. The van der Waals surface area contributed by atoms with E-state index in [2.05, 4.69) is 15.2 Å². The molecule has 0 aliphatic heterocycles. The monoisotopic (exact) mass is 477 g/mol. The molecule has 3 rings (SSSR count). The van der Waals surface area contributed by atoms with E-state index in [1.165, 1.54) is 5.56 Å². The molecule has 2 amide bonds. The van der Waals surface area contributed by atoms with Crippen molar-refractivity contribution in [3.05, 3.63) is 88.7 Å². The molecule has 0 unspecified atom stereocenters. The Balaban J connectivity index is 1.44. The van der Waals surface area contributed by atoms with Gasteiger partial charge in [-0.3, -0.25) is 9.59 Å². The van der Waals surface area contributed by atoms with Gasteiger partial charge in [0.15, 0.2) is 6.61 Å². The Morgan fingerprint density at radius 3 is 2.31 bits per heavy atom. The van der Waals surface area contributed by atoms with Gasteiger partial charge in [0, 0.05) is 30.0 Å². The molecule has 0 fully saturated rings. The molecular formula is C27H31N3O5. The fraction of sp³-hybridized carbons (Fsp3) is 0.296. The molecule has 2 aromatic carbocycles. The van der Waals surface area contributed by atoms with E-state index in [0.29, 0.717) is 12.1 Å². The number of aryl methyl sites for hydroxylation is 2. The number of nitrogens with zero attached hydrogens (tertiary/aromatic N) is 1. The van der Waals surface area contributed by atoms with Crippen molar-refractivity contribution >= 4 is 17.8 Å². The van der Waals surface area contributed by atoms with Crippen LogP contribution in [0.25, 0.3) is 0 Å². The van der Waals surface area contributed by atoms with E-state index in [0.717, 1.165) is 35.7 Å². The topological polar surface area (TPSA) is 98.7 Å². The minimum Gasteiger partial charge on any atom is -0.497 e. The van der Waals surface area contributed by atoms with E-state index in [9.17, 15) is 14.4 Å². The molecule has 3 aromatic rings. The van der Waals surface area contributed by atoms with Crippen LogP contribution in [-0.2, 0) is 29.0 Å². The molecule has 35 heavy (non-hydrogen) atoms. The number of esters is 1. The highest BCUT2D eigenvalue weighted by molar-refractivity contribution is 5.99. The average Bonchev–Trinajstić information content (AvgIpc) is 3.17. The third-order valence-corrected chi connectivity index (χ3v) is 5.71. The number of ether oxygens (including phenoxy) is 2. The summed E-state index contributed by atoms with van der Waals surface area (Å²) in [5.41, 5.74) is 4.43. The number of carbonyl (C=O) groups excluding carboxylic acids is 3. The Bertz CT molecular complexity index is 1150. The van der Waals surface area contributed by atoms with Gasteiger partial charge in [0.1, 0.15) is 12.3 Å². The number of aromatic nitrogens is 1. The minimum absolute atomic E-state index is 0.282. The fourth-order valence-corrected chi connectivity index (χ4v) is 3.73. The SMILES string of the molecule is COc1ccc(CCn2c(C)cc(C(=O)COC(=O)CNC(=O)NCc3ccccc3)c2C)cc1. The average molecular weight is 478 g/mol. The normalized spacial score (nSPS) is 10.5. The summed E-state index contributed by atoms with van der Waals surface area (Å²) in [6.45, 7) is 4.19. The number of nitrogens with one attached hydrogen (secondary N) is 2. The van der Waals surface area contributed by atoms with Crippen molar-refractivity contribution in [3.8, 4) is 5.75 Å². The molecule has 0 aliphatic carbocycles. The summed E-state index contributed by atoms with van der Waals surface area (Å²) in [6, 6.07) is 18.6. The number of Topliss-reactive ketones (excluding diaryl/α,β-unsaturated/α-hetero) is 1. The summed E-state index contributed by atoms with van der Waals surface area (Å²) in [4.78, 5) is 36.5. The van der Waals surface area contributed by atoms with Crippen LogP contribution in [0.2, 0.25) is 0 Å². The third-order valence-electron chi connectivity index (χ3n) is 5.71. The van der Waals surface area contributed by atoms with Crippen LogP contribution in [0.5, 0.6) is 5.75 Å². The molecule has 184 valence electrons. The molecule has 2 N–H and O–H groups in total. The van der Waals surface area contributed by atoms with Crippen molar-refractivity contribution in [2.45, 2.75) is 33.4 Å². The van der Waals surface area contributed by atoms with E-state index in [1.54, 1.807) is 7.11 Å². The zero-order valence-electron chi connectivity index (χ0n) is 20.3. The van der Waals surface area contributed by atoms with Gasteiger partial charge < -0.3 is 24.7 Å². The Hall–Kier alpha value is -4.07. The Morgan fingerprint density at radius 2 is 1.63 bits per heavy atom. The van der Waals surface area contributed by atoms with E-state index < -0.39 is 12.0 Å². The van der Waals surface area contributed by atoms with E-state index >= 15 is 0 Å². The van der Waals surface area contributed by atoms with Crippen molar-refractivity contribution in [3.63, 3.8) is 0 Å². The number of ketones is 1. The summed E-state index contributed by atoms with van der Waals surface area (Å²) in [6.07, 6.45) is 0.807. The van der Waals surface area contributed by atoms with Gasteiger partial charge in [-0.25, -0.2) is 4.79 Å². The minimum atomic E-state index is -0.679. The molecule has 1 heterocycles.